The van der Waals surface area contributed by atoms with Crippen molar-refractivity contribution in [3.8, 4) is 0 Å². The second-order valence-electron chi connectivity index (χ2n) is 5.84. The van der Waals surface area contributed by atoms with E-state index in [4.69, 9.17) is 0 Å². The van der Waals surface area contributed by atoms with Crippen LogP contribution in [-0.4, -0.2) is 29.7 Å². The minimum absolute atomic E-state index is 0.168. The van der Waals surface area contributed by atoms with Crippen molar-refractivity contribution in [2.75, 3.05) is 11.4 Å². The Morgan fingerprint density at radius 3 is 2.57 bits per heavy atom. The smallest absolute Gasteiger partial charge is 0.322 e. The summed E-state index contributed by atoms with van der Waals surface area (Å²) in [5.74, 6) is -1.51. The summed E-state index contributed by atoms with van der Waals surface area (Å²) in [5.41, 5.74) is 1.45. The third-order valence-corrected chi connectivity index (χ3v) is 4.44. The van der Waals surface area contributed by atoms with E-state index in [1.807, 2.05) is 18.2 Å². The van der Waals surface area contributed by atoms with Crippen molar-refractivity contribution in [3.05, 3.63) is 29.8 Å². The normalized spacial score (nSPS) is 21.9. The number of fused-ring (bicyclic) bond motifs is 1. The topological polar surface area (TPSA) is 69.6 Å². The second-order valence-corrected chi connectivity index (χ2v) is 5.84. The number of urea groups is 1. The van der Waals surface area contributed by atoms with Crippen molar-refractivity contribution >= 4 is 17.7 Å². The third kappa shape index (κ3) is 2.73. The zero-order chi connectivity index (χ0) is 14.8. The first-order valence-corrected chi connectivity index (χ1v) is 7.56. The van der Waals surface area contributed by atoms with E-state index in [2.05, 4.69) is 5.32 Å². The SMILES string of the molecule is O=C(O)C1CN(C(=O)NC2CCCCC2)c2ccccc21. The molecule has 2 N–H and O–H groups in total. The monoisotopic (exact) mass is 288 g/mol. The molecule has 5 heteroatoms. The van der Waals surface area contributed by atoms with Gasteiger partial charge in [0.25, 0.3) is 0 Å². The fraction of sp³-hybridized carbons (Fsp3) is 0.500. The Hall–Kier alpha value is -2.04. The molecule has 1 aliphatic heterocycles. The van der Waals surface area contributed by atoms with Gasteiger partial charge in [0, 0.05) is 18.3 Å². The Labute approximate surface area is 123 Å². The maximum Gasteiger partial charge on any atom is 0.322 e. The fourth-order valence-corrected chi connectivity index (χ4v) is 3.31. The highest BCUT2D eigenvalue weighted by Crippen LogP contribution is 2.36. The number of nitrogens with zero attached hydrogens (tertiary/aromatic N) is 1. The van der Waals surface area contributed by atoms with Crippen LogP contribution in [0.25, 0.3) is 0 Å². The molecule has 1 saturated carbocycles. The summed E-state index contributed by atoms with van der Waals surface area (Å²) < 4.78 is 0. The van der Waals surface area contributed by atoms with Gasteiger partial charge in [0.1, 0.15) is 5.92 Å². The lowest BCUT2D eigenvalue weighted by Crippen LogP contribution is -2.45. The van der Waals surface area contributed by atoms with Crippen molar-refractivity contribution < 1.29 is 14.7 Å². The highest BCUT2D eigenvalue weighted by molar-refractivity contribution is 5.98. The van der Waals surface area contributed by atoms with Crippen LogP contribution in [-0.2, 0) is 4.79 Å². The van der Waals surface area contributed by atoms with Crippen LogP contribution < -0.4 is 10.2 Å². The minimum Gasteiger partial charge on any atom is -0.481 e. The molecule has 0 spiro atoms. The van der Waals surface area contributed by atoms with Crippen LogP contribution in [0.2, 0.25) is 0 Å². The highest BCUT2D eigenvalue weighted by atomic mass is 16.4. The van der Waals surface area contributed by atoms with Gasteiger partial charge in [-0.25, -0.2) is 4.79 Å². The number of nitrogens with one attached hydrogen (secondary N) is 1. The lowest BCUT2D eigenvalue weighted by Gasteiger charge is -2.26. The van der Waals surface area contributed by atoms with Crippen LogP contribution in [0.15, 0.2) is 24.3 Å². The predicted molar refractivity (Wildman–Crippen MR) is 79.6 cm³/mol. The van der Waals surface area contributed by atoms with Gasteiger partial charge < -0.3 is 10.4 Å². The Morgan fingerprint density at radius 1 is 1.14 bits per heavy atom. The zero-order valence-electron chi connectivity index (χ0n) is 11.9. The third-order valence-electron chi connectivity index (χ3n) is 4.44. The quantitative estimate of drug-likeness (QED) is 0.879. The number of para-hydroxylation sites is 1. The number of hydrogen-bond acceptors (Lipinski definition) is 2. The molecule has 2 aliphatic rings. The summed E-state index contributed by atoms with van der Waals surface area (Å²) in [4.78, 5) is 25.4. The number of benzene rings is 1. The summed E-state index contributed by atoms with van der Waals surface area (Å²) >= 11 is 0. The Morgan fingerprint density at radius 2 is 1.86 bits per heavy atom. The van der Waals surface area contributed by atoms with E-state index in [0.29, 0.717) is 0 Å². The predicted octanol–water partition coefficient (Wildman–Crippen LogP) is 2.72. The Balaban J connectivity index is 1.76. The number of carbonyl (C=O) groups is 2. The van der Waals surface area contributed by atoms with E-state index >= 15 is 0 Å². The lowest BCUT2D eigenvalue weighted by atomic mass is 9.96. The van der Waals surface area contributed by atoms with Gasteiger partial charge in [-0.1, -0.05) is 37.5 Å². The van der Waals surface area contributed by atoms with E-state index < -0.39 is 11.9 Å². The molecule has 0 radical (unpaired) electrons. The molecule has 1 atom stereocenters. The highest BCUT2D eigenvalue weighted by Gasteiger charge is 2.36. The van der Waals surface area contributed by atoms with Gasteiger partial charge >= 0.3 is 12.0 Å². The van der Waals surface area contributed by atoms with Crippen molar-refractivity contribution in [2.24, 2.45) is 0 Å². The number of carboxylic acid groups (broad SMARTS) is 1. The first kappa shape index (κ1) is 13.9. The van der Waals surface area contributed by atoms with Gasteiger partial charge in [-0.2, -0.15) is 0 Å². The number of aliphatic carboxylic acids is 1. The maximum atomic E-state index is 12.5. The van der Waals surface area contributed by atoms with Gasteiger partial charge in [-0.15, -0.1) is 0 Å². The number of rotatable bonds is 2. The fourth-order valence-electron chi connectivity index (χ4n) is 3.31. The maximum absolute atomic E-state index is 12.5. The molecule has 21 heavy (non-hydrogen) atoms. The summed E-state index contributed by atoms with van der Waals surface area (Å²) in [5, 5.41) is 12.4. The molecule has 1 fully saturated rings. The zero-order valence-corrected chi connectivity index (χ0v) is 11.9. The standard InChI is InChI=1S/C16H20N2O3/c19-15(20)13-10-18(14-9-5-4-8-12(13)14)16(21)17-11-6-2-1-3-7-11/h4-5,8-9,11,13H,1-3,6-7,10H2,(H,17,21)(H,19,20). The molecule has 1 aliphatic carbocycles. The van der Waals surface area contributed by atoms with Crippen LogP contribution in [0.5, 0.6) is 0 Å². The van der Waals surface area contributed by atoms with Gasteiger partial charge in [0.15, 0.2) is 0 Å². The summed E-state index contributed by atoms with van der Waals surface area (Å²) in [7, 11) is 0. The number of amides is 2. The van der Waals surface area contributed by atoms with Crippen molar-refractivity contribution in [2.45, 2.75) is 44.1 Å². The van der Waals surface area contributed by atoms with Gasteiger partial charge in [0.2, 0.25) is 0 Å². The molecule has 112 valence electrons. The molecule has 2 amide bonds. The number of carbonyl (C=O) groups excluding carboxylic acids is 1. The van der Waals surface area contributed by atoms with Crippen LogP contribution >= 0.6 is 0 Å². The van der Waals surface area contributed by atoms with Gasteiger partial charge in [-0.3, -0.25) is 9.69 Å². The number of hydrogen-bond donors (Lipinski definition) is 2. The largest absolute Gasteiger partial charge is 0.481 e. The lowest BCUT2D eigenvalue weighted by molar-refractivity contribution is -0.138. The summed E-state index contributed by atoms with van der Waals surface area (Å²) in [6.07, 6.45) is 5.58. The van der Waals surface area contributed by atoms with Crippen LogP contribution in [0.1, 0.15) is 43.6 Å². The van der Waals surface area contributed by atoms with E-state index in [1.54, 1.807) is 11.0 Å². The number of anilines is 1. The summed E-state index contributed by atoms with van der Waals surface area (Å²) in [6, 6.07) is 7.32. The van der Waals surface area contributed by atoms with Crippen molar-refractivity contribution in [1.29, 1.82) is 0 Å². The average Bonchev–Trinajstić information content (AvgIpc) is 2.88. The molecule has 1 heterocycles. The van der Waals surface area contributed by atoms with E-state index in [1.165, 1.54) is 6.42 Å². The molecular weight excluding hydrogens is 268 g/mol. The van der Waals surface area contributed by atoms with Crippen LogP contribution in [0.4, 0.5) is 10.5 Å². The molecule has 0 bridgehead atoms. The van der Waals surface area contributed by atoms with Crippen molar-refractivity contribution in [1.82, 2.24) is 5.32 Å². The average molecular weight is 288 g/mol. The first-order chi connectivity index (χ1) is 10.2. The molecule has 0 aromatic heterocycles. The number of carboxylic acids is 1. The first-order valence-electron chi connectivity index (χ1n) is 7.56. The van der Waals surface area contributed by atoms with Crippen LogP contribution in [0, 0.1) is 0 Å². The van der Waals surface area contributed by atoms with Crippen LogP contribution in [0.3, 0.4) is 0 Å². The second kappa shape index (κ2) is 5.76. The minimum atomic E-state index is -0.879. The molecule has 5 nitrogen and oxygen atoms in total. The Kier molecular flexibility index (Phi) is 3.82. The van der Waals surface area contributed by atoms with Gasteiger partial charge in [-0.05, 0) is 24.5 Å². The van der Waals surface area contributed by atoms with E-state index in [-0.39, 0.29) is 18.6 Å². The van der Waals surface area contributed by atoms with Gasteiger partial charge in [0.05, 0.1) is 0 Å². The molecular formula is C16H20N2O3. The molecule has 0 saturated heterocycles. The van der Waals surface area contributed by atoms with E-state index in [9.17, 15) is 14.7 Å². The molecule has 3 rings (SSSR count). The molecule has 1 aromatic carbocycles. The summed E-state index contributed by atoms with van der Waals surface area (Å²) in [6.45, 7) is 0.216. The Bertz CT molecular complexity index is 552. The molecule has 1 aromatic rings. The van der Waals surface area contributed by atoms with Crippen molar-refractivity contribution in [3.63, 3.8) is 0 Å². The van der Waals surface area contributed by atoms with E-state index in [0.717, 1.165) is 36.9 Å². The molecule has 1 unspecified atom stereocenters.